The highest BCUT2D eigenvalue weighted by Gasteiger charge is 2.05. The van der Waals surface area contributed by atoms with Crippen molar-refractivity contribution < 1.29 is 4.74 Å². The highest BCUT2D eigenvalue weighted by molar-refractivity contribution is 9.10. The van der Waals surface area contributed by atoms with Crippen LogP contribution in [0.2, 0.25) is 0 Å². The van der Waals surface area contributed by atoms with E-state index in [-0.39, 0.29) is 12.4 Å². The minimum Gasteiger partial charge on any atom is -0.489 e. The van der Waals surface area contributed by atoms with Crippen LogP contribution in [0.25, 0.3) is 0 Å². The normalized spacial score (nSPS) is 10.4. The third kappa shape index (κ3) is 6.39. The summed E-state index contributed by atoms with van der Waals surface area (Å²) in [5.41, 5.74) is 2.36. The Hall–Kier alpha value is -1.03. The minimum atomic E-state index is 0. The van der Waals surface area contributed by atoms with Crippen LogP contribution in [0.15, 0.2) is 53.0 Å². The second-order valence-electron chi connectivity index (χ2n) is 5.55. The van der Waals surface area contributed by atoms with Gasteiger partial charge >= 0.3 is 0 Å². The highest BCUT2D eigenvalue weighted by Crippen LogP contribution is 2.24. The molecular weight excluding hydrogens is 362 g/mol. The van der Waals surface area contributed by atoms with Gasteiger partial charge in [-0.15, -0.1) is 12.4 Å². The van der Waals surface area contributed by atoms with E-state index in [0.717, 1.165) is 23.3 Å². The zero-order valence-corrected chi connectivity index (χ0v) is 15.4. The number of rotatable bonds is 7. The molecule has 2 rings (SSSR count). The van der Waals surface area contributed by atoms with Crippen LogP contribution in [0, 0.1) is 5.92 Å². The summed E-state index contributed by atoms with van der Waals surface area (Å²) < 4.78 is 7.05. The lowest BCUT2D eigenvalue weighted by Crippen LogP contribution is -2.19. The highest BCUT2D eigenvalue weighted by atomic mass is 79.9. The standard InChI is InChI=1S/C18H22BrNO.ClH/c1-14(2)11-20-12-16-10-17(19)8-9-18(16)21-13-15-6-4-3-5-7-15;/h3-10,14,20H,11-13H2,1-2H3;1H. The number of hydrogen-bond acceptors (Lipinski definition) is 2. The molecule has 120 valence electrons. The fourth-order valence-corrected chi connectivity index (χ4v) is 2.47. The van der Waals surface area contributed by atoms with Crippen molar-refractivity contribution in [3.63, 3.8) is 0 Å². The van der Waals surface area contributed by atoms with E-state index >= 15 is 0 Å². The molecule has 0 aliphatic heterocycles. The number of halogens is 2. The van der Waals surface area contributed by atoms with Gasteiger partial charge in [-0.3, -0.25) is 0 Å². The first-order valence-corrected chi connectivity index (χ1v) is 8.10. The molecule has 0 saturated heterocycles. The molecule has 0 radical (unpaired) electrons. The average Bonchev–Trinajstić information content (AvgIpc) is 2.47. The Bertz CT molecular complexity index is 560. The summed E-state index contributed by atoms with van der Waals surface area (Å²) in [5, 5.41) is 3.47. The van der Waals surface area contributed by atoms with E-state index in [2.05, 4.69) is 53.3 Å². The largest absolute Gasteiger partial charge is 0.489 e. The fraction of sp³-hybridized carbons (Fsp3) is 0.333. The van der Waals surface area contributed by atoms with E-state index in [9.17, 15) is 0 Å². The summed E-state index contributed by atoms with van der Waals surface area (Å²) in [6.07, 6.45) is 0. The Labute approximate surface area is 147 Å². The maximum atomic E-state index is 5.97. The van der Waals surface area contributed by atoms with Crippen molar-refractivity contribution in [1.29, 1.82) is 0 Å². The van der Waals surface area contributed by atoms with Crippen molar-refractivity contribution in [3.05, 3.63) is 64.1 Å². The molecule has 0 aliphatic carbocycles. The Morgan fingerprint density at radius 3 is 2.50 bits per heavy atom. The second-order valence-corrected chi connectivity index (χ2v) is 6.47. The number of ether oxygens (including phenoxy) is 1. The molecule has 0 amide bonds. The summed E-state index contributed by atoms with van der Waals surface area (Å²) in [6, 6.07) is 16.4. The van der Waals surface area contributed by atoms with Crippen LogP contribution in [-0.2, 0) is 13.2 Å². The van der Waals surface area contributed by atoms with Crippen molar-refractivity contribution in [3.8, 4) is 5.75 Å². The van der Waals surface area contributed by atoms with Gasteiger partial charge in [-0.05, 0) is 36.2 Å². The maximum Gasteiger partial charge on any atom is 0.124 e. The Morgan fingerprint density at radius 2 is 1.82 bits per heavy atom. The van der Waals surface area contributed by atoms with Crippen molar-refractivity contribution in [2.24, 2.45) is 5.92 Å². The van der Waals surface area contributed by atoms with Gasteiger partial charge in [-0.25, -0.2) is 0 Å². The molecular formula is C18H23BrClNO. The van der Waals surface area contributed by atoms with E-state index in [4.69, 9.17) is 4.74 Å². The number of nitrogens with one attached hydrogen (secondary N) is 1. The first-order valence-electron chi connectivity index (χ1n) is 7.31. The summed E-state index contributed by atoms with van der Waals surface area (Å²) in [4.78, 5) is 0. The Balaban J connectivity index is 0.00000242. The van der Waals surface area contributed by atoms with Crippen molar-refractivity contribution >= 4 is 28.3 Å². The topological polar surface area (TPSA) is 21.3 Å². The molecule has 1 N–H and O–H groups in total. The molecule has 4 heteroatoms. The van der Waals surface area contributed by atoms with E-state index in [1.807, 2.05) is 30.3 Å². The van der Waals surface area contributed by atoms with Gasteiger partial charge in [0.1, 0.15) is 12.4 Å². The molecule has 0 unspecified atom stereocenters. The molecule has 0 saturated carbocycles. The van der Waals surface area contributed by atoms with Crippen molar-refractivity contribution in [1.82, 2.24) is 5.32 Å². The monoisotopic (exact) mass is 383 g/mol. The smallest absolute Gasteiger partial charge is 0.124 e. The van der Waals surface area contributed by atoms with E-state index in [1.54, 1.807) is 0 Å². The molecule has 2 aromatic rings. The molecule has 0 fully saturated rings. The van der Waals surface area contributed by atoms with Crippen LogP contribution < -0.4 is 10.1 Å². The molecule has 0 heterocycles. The van der Waals surface area contributed by atoms with Gasteiger partial charge < -0.3 is 10.1 Å². The van der Waals surface area contributed by atoms with Gasteiger partial charge in [-0.2, -0.15) is 0 Å². The van der Waals surface area contributed by atoms with Gasteiger partial charge in [0, 0.05) is 16.6 Å². The molecule has 0 aliphatic rings. The molecule has 0 bridgehead atoms. The zero-order chi connectivity index (χ0) is 15.1. The predicted molar refractivity (Wildman–Crippen MR) is 98.7 cm³/mol. The lowest BCUT2D eigenvalue weighted by Gasteiger charge is -2.14. The van der Waals surface area contributed by atoms with Crippen LogP contribution in [0.4, 0.5) is 0 Å². The summed E-state index contributed by atoms with van der Waals surface area (Å²) in [5.74, 6) is 1.59. The van der Waals surface area contributed by atoms with Gasteiger partial charge in [0.25, 0.3) is 0 Å². The third-order valence-corrected chi connectivity index (χ3v) is 3.62. The third-order valence-electron chi connectivity index (χ3n) is 3.13. The molecule has 0 aromatic heterocycles. The van der Waals surface area contributed by atoms with Gasteiger partial charge in [0.15, 0.2) is 0 Å². The van der Waals surface area contributed by atoms with Gasteiger partial charge in [0.2, 0.25) is 0 Å². The van der Waals surface area contributed by atoms with Crippen molar-refractivity contribution in [2.45, 2.75) is 27.0 Å². The second kappa shape index (κ2) is 9.88. The van der Waals surface area contributed by atoms with Crippen LogP contribution in [0.5, 0.6) is 5.75 Å². The minimum absolute atomic E-state index is 0. The number of hydrogen-bond donors (Lipinski definition) is 1. The Kier molecular flexibility index (Phi) is 8.54. The van der Waals surface area contributed by atoms with Gasteiger partial charge in [0.05, 0.1) is 0 Å². The Morgan fingerprint density at radius 1 is 1.09 bits per heavy atom. The first-order chi connectivity index (χ1) is 10.1. The molecule has 22 heavy (non-hydrogen) atoms. The summed E-state index contributed by atoms with van der Waals surface area (Å²) in [7, 11) is 0. The van der Waals surface area contributed by atoms with Crippen LogP contribution in [-0.4, -0.2) is 6.54 Å². The van der Waals surface area contributed by atoms with Crippen molar-refractivity contribution in [2.75, 3.05) is 6.54 Å². The molecule has 0 atom stereocenters. The van der Waals surface area contributed by atoms with E-state index in [1.165, 1.54) is 11.1 Å². The first kappa shape index (κ1) is 19.0. The van der Waals surface area contributed by atoms with E-state index in [0.29, 0.717) is 12.5 Å². The quantitative estimate of drug-likeness (QED) is 0.709. The van der Waals surface area contributed by atoms with Crippen LogP contribution in [0.1, 0.15) is 25.0 Å². The lowest BCUT2D eigenvalue weighted by molar-refractivity contribution is 0.302. The summed E-state index contributed by atoms with van der Waals surface area (Å²) in [6.45, 7) is 6.84. The number of benzene rings is 2. The van der Waals surface area contributed by atoms with Crippen LogP contribution >= 0.6 is 28.3 Å². The van der Waals surface area contributed by atoms with E-state index < -0.39 is 0 Å². The fourth-order valence-electron chi connectivity index (χ4n) is 2.06. The average molecular weight is 385 g/mol. The maximum absolute atomic E-state index is 5.97. The zero-order valence-electron chi connectivity index (χ0n) is 13.0. The SMILES string of the molecule is CC(C)CNCc1cc(Br)ccc1OCc1ccccc1.Cl. The summed E-state index contributed by atoms with van der Waals surface area (Å²) >= 11 is 3.53. The van der Waals surface area contributed by atoms with Gasteiger partial charge in [-0.1, -0.05) is 60.1 Å². The molecule has 2 aromatic carbocycles. The lowest BCUT2D eigenvalue weighted by atomic mass is 10.1. The predicted octanol–water partition coefficient (Wildman–Crippen LogP) is 5.20. The molecule has 2 nitrogen and oxygen atoms in total. The molecule has 0 spiro atoms. The van der Waals surface area contributed by atoms with Crippen LogP contribution in [0.3, 0.4) is 0 Å².